The van der Waals surface area contributed by atoms with Crippen LogP contribution < -0.4 is 9.04 Å². The summed E-state index contributed by atoms with van der Waals surface area (Å²) in [5.41, 5.74) is 2.71. The minimum Gasteiger partial charge on any atom is -0.496 e. The van der Waals surface area contributed by atoms with Crippen molar-refractivity contribution < 1.29 is 17.5 Å². The van der Waals surface area contributed by atoms with Crippen molar-refractivity contribution in [3.8, 4) is 5.75 Å². The Morgan fingerprint density at radius 1 is 0.964 bits per heavy atom. The van der Waals surface area contributed by atoms with Gasteiger partial charge in [-0.25, -0.2) is 12.8 Å². The maximum atomic E-state index is 13.8. The van der Waals surface area contributed by atoms with Gasteiger partial charge >= 0.3 is 0 Å². The van der Waals surface area contributed by atoms with Gasteiger partial charge in [0.05, 0.1) is 24.2 Å². The minimum absolute atomic E-state index is 0.0528. The topological polar surface area (TPSA) is 46.6 Å². The Morgan fingerprint density at radius 3 is 2.32 bits per heavy atom. The first-order valence-corrected chi connectivity index (χ1v) is 10.2. The molecule has 0 aliphatic rings. The molecule has 146 valence electrons. The Bertz CT molecular complexity index is 1080. The lowest BCUT2D eigenvalue weighted by Crippen LogP contribution is -2.31. The highest BCUT2D eigenvalue weighted by Crippen LogP contribution is 2.30. The van der Waals surface area contributed by atoms with E-state index in [1.807, 2.05) is 37.3 Å². The van der Waals surface area contributed by atoms with E-state index in [9.17, 15) is 12.8 Å². The normalized spacial score (nSPS) is 11.3. The van der Waals surface area contributed by atoms with Crippen molar-refractivity contribution in [2.45, 2.75) is 25.3 Å². The highest BCUT2D eigenvalue weighted by Gasteiger charge is 2.28. The van der Waals surface area contributed by atoms with Crippen LogP contribution in [0.1, 0.15) is 16.7 Å². The zero-order chi connectivity index (χ0) is 20.3. The molecule has 0 atom stereocenters. The smallest absolute Gasteiger partial charge is 0.264 e. The van der Waals surface area contributed by atoms with Crippen LogP contribution in [-0.4, -0.2) is 15.5 Å². The molecule has 0 saturated carbocycles. The van der Waals surface area contributed by atoms with Crippen LogP contribution in [0.3, 0.4) is 0 Å². The van der Waals surface area contributed by atoms with E-state index < -0.39 is 15.8 Å². The number of ether oxygens (including phenoxy) is 1. The van der Waals surface area contributed by atoms with Crippen molar-refractivity contribution in [2.75, 3.05) is 11.4 Å². The van der Waals surface area contributed by atoms with Gasteiger partial charge in [0, 0.05) is 5.56 Å². The molecule has 0 heterocycles. The number of halogens is 1. The highest BCUT2D eigenvalue weighted by molar-refractivity contribution is 7.92. The number of rotatable bonds is 6. The Labute approximate surface area is 165 Å². The van der Waals surface area contributed by atoms with Gasteiger partial charge < -0.3 is 4.74 Å². The summed E-state index contributed by atoms with van der Waals surface area (Å²) < 4.78 is 47.5. The second-order valence-corrected chi connectivity index (χ2v) is 8.40. The molecule has 0 radical (unpaired) electrons. The summed E-state index contributed by atoms with van der Waals surface area (Å²) >= 11 is 0. The molecule has 0 amide bonds. The number of hydrogen-bond acceptors (Lipinski definition) is 3. The molecule has 0 aliphatic carbocycles. The SMILES string of the molecule is COc1ccccc1CN(c1ccc(C)cc1)S(=O)(=O)c1cc(F)ccc1C. The lowest BCUT2D eigenvalue weighted by molar-refractivity contribution is 0.410. The summed E-state index contributed by atoms with van der Waals surface area (Å²) in [5, 5.41) is 0. The number of aryl methyl sites for hydroxylation is 2. The maximum Gasteiger partial charge on any atom is 0.264 e. The van der Waals surface area contributed by atoms with Gasteiger partial charge in [-0.1, -0.05) is 42.0 Å². The summed E-state index contributed by atoms with van der Waals surface area (Å²) in [5.74, 6) is -0.00361. The predicted molar refractivity (Wildman–Crippen MR) is 109 cm³/mol. The van der Waals surface area contributed by atoms with Crippen LogP contribution in [0.25, 0.3) is 0 Å². The van der Waals surface area contributed by atoms with Gasteiger partial charge in [-0.15, -0.1) is 0 Å². The number of benzene rings is 3. The summed E-state index contributed by atoms with van der Waals surface area (Å²) in [7, 11) is -2.46. The van der Waals surface area contributed by atoms with Crippen molar-refractivity contribution in [3.63, 3.8) is 0 Å². The van der Waals surface area contributed by atoms with Crippen LogP contribution in [0.5, 0.6) is 5.75 Å². The zero-order valence-corrected chi connectivity index (χ0v) is 16.8. The molecule has 0 bridgehead atoms. The van der Waals surface area contributed by atoms with Gasteiger partial charge in [-0.3, -0.25) is 4.31 Å². The molecule has 0 aromatic heterocycles. The number of methoxy groups -OCH3 is 1. The molecule has 28 heavy (non-hydrogen) atoms. The summed E-state index contributed by atoms with van der Waals surface area (Å²) in [4.78, 5) is -0.0528. The van der Waals surface area contributed by atoms with Gasteiger partial charge in [0.15, 0.2) is 0 Å². The lowest BCUT2D eigenvalue weighted by Gasteiger charge is -2.26. The molecular weight excluding hydrogens is 377 g/mol. The first-order valence-electron chi connectivity index (χ1n) is 8.80. The molecule has 0 aliphatic heterocycles. The standard InChI is InChI=1S/C22H22FNO3S/c1-16-8-12-20(13-9-16)24(15-18-6-4-5-7-21(18)27-3)28(25,26)22-14-19(23)11-10-17(22)2/h4-14H,15H2,1-3H3. The zero-order valence-electron chi connectivity index (χ0n) is 16.0. The van der Waals surface area contributed by atoms with Crippen molar-refractivity contribution in [3.05, 3.63) is 89.2 Å². The summed E-state index contributed by atoms with van der Waals surface area (Å²) in [6.45, 7) is 3.65. The number of hydrogen-bond donors (Lipinski definition) is 0. The Morgan fingerprint density at radius 2 is 1.64 bits per heavy atom. The number of sulfonamides is 1. The van der Waals surface area contributed by atoms with E-state index in [4.69, 9.17) is 4.74 Å². The van der Waals surface area contributed by atoms with E-state index in [2.05, 4.69) is 0 Å². The quantitative estimate of drug-likeness (QED) is 0.595. The van der Waals surface area contributed by atoms with E-state index in [1.165, 1.54) is 16.4 Å². The fraction of sp³-hybridized carbons (Fsp3) is 0.182. The van der Waals surface area contributed by atoms with Gasteiger partial charge in [0.1, 0.15) is 11.6 Å². The van der Waals surface area contributed by atoms with Crippen LogP contribution in [0.2, 0.25) is 0 Å². The van der Waals surface area contributed by atoms with Crippen LogP contribution in [0.4, 0.5) is 10.1 Å². The van der Waals surface area contributed by atoms with Crippen molar-refractivity contribution in [2.24, 2.45) is 0 Å². The van der Waals surface area contributed by atoms with E-state index >= 15 is 0 Å². The maximum absolute atomic E-state index is 13.8. The molecule has 0 spiro atoms. The number of para-hydroxylation sites is 1. The van der Waals surface area contributed by atoms with Gasteiger partial charge in [-0.05, 0) is 49.7 Å². The second-order valence-electron chi connectivity index (χ2n) is 6.57. The molecule has 6 heteroatoms. The molecule has 0 saturated heterocycles. The molecule has 3 rings (SSSR count). The van der Waals surface area contributed by atoms with E-state index in [-0.39, 0.29) is 11.4 Å². The van der Waals surface area contributed by atoms with Crippen LogP contribution in [0.15, 0.2) is 71.6 Å². The molecule has 0 N–H and O–H groups in total. The van der Waals surface area contributed by atoms with E-state index in [1.54, 1.807) is 32.2 Å². The van der Waals surface area contributed by atoms with Crippen LogP contribution >= 0.6 is 0 Å². The molecule has 0 unspecified atom stereocenters. The third-order valence-electron chi connectivity index (χ3n) is 4.55. The lowest BCUT2D eigenvalue weighted by atomic mass is 10.2. The average molecular weight is 399 g/mol. The van der Waals surface area contributed by atoms with E-state index in [0.717, 1.165) is 11.6 Å². The van der Waals surface area contributed by atoms with Crippen molar-refractivity contribution >= 4 is 15.7 Å². The molecular formula is C22H22FNO3S. The molecule has 3 aromatic carbocycles. The third-order valence-corrected chi connectivity index (χ3v) is 6.46. The fourth-order valence-electron chi connectivity index (χ4n) is 2.98. The van der Waals surface area contributed by atoms with Gasteiger partial charge in [0.2, 0.25) is 0 Å². The number of anilines is 1. The monoisotopic (exact) mass is 399 g/mol. The summed E-state index contributed by atoms with van der Waals surface area (Å²) in [6.07, 6.45) is 0. The summed E-state index contributed by atoms with van der Waals surface area (Å²) in [6, 6.07) is 18.2. The van der Waals surface area contributed by atoms with Crippen LogP contribution in [-0.2, 0) is 16.6 Å². The largest absolute Gasteiger partial charge is 0.496 e. The highest BCUT2D eigenvalue weighted by atomic mass is 32.2. The number of nitrogens with zero attached hydrogens (tertiary/aromatic N) is 1. The third kappa shape index (κ3) is 4.02. The molecule has 0 fully saturated rings. The average Bonchev–Trinajstić information content (AvgIpc) is 2.69. The first kappa shape index (κ1) is 19.9. The Kier molecular flexibility index (Phi) is 5.70. The second kappa shape index (κ2) is 8.02. The van der Waals surface area contributed by atoms with Gasteiger partial charge in [0.25, 0.3) is 10.0 Å². The Hall–Kier alpha value is -2.86. The predicted octanol–water partition coefficient (Wildman–Crippen LogP) is 4.85. The minimum atomic E-state index is -4.01. The Balaban J connectivity index is 2.15. The molecule has 4 nitrogen and oxygen atoms in total. The van der Waals surface area contributed by atoms with Gasteiger partial charge in [-0.2, -0.15) is 0 Å². The van der Waals surface area contributed by atoms with Crippen molar-refractivity contribution in [1.82, 2.24) is 0 Å². The van der Waals surface area contributed by atoms with E-state index in [0.29, 0.717) is 22.6 Å². The first-order chi connectivity index (χ1) is 13.3. The van der Waals surface area contributed by atoms with Crippen LogP contribution in [0, 0.1) is 19.7 Å². The fourth-order valence-corrected chi connectivity index (χ4v) is 4.67. The van der Waals surface area contributed by atoms with Crippen molar-refractivity contribution in [1.29, 1.82) is 0 Å². The molecule has 3 aromatic rings.